The maximum atomic E-state index is 8.09. The van der Waals surface area contributed by atoms with Crippen molar-refractivity contribution in [3.63, 3.8) is 0 Å². The SMILES string of the molecule is [C-]#[N+]c1ccccc1-c1nc2c([nH]1)c(=N)ncn2Cc1c(Cl)cccc1Cl. The Bertz CT molecular complexity index is 1250. The number of rotatable bonds is 3. The molecule has 0 saturated carbocycles. The summed E-state index contributed by atoms with van der Waals surface area (Å²) in [7, 11) is 0. The van der Waals surface area contributed by atoms with Crippen LogP contribution in [0.25, 0.3) is 27.4 Å². The molecule has 0 amide bonds. The van der Waals surface area contributed by atoms with Crippen LogP contribution in [0.5, 0.6) is 0 Å². The fourth-order valence-corrected chi connectivity index (χ4v) is 3.37. The van der Waals surface area contributed by atoms with Crippen LogP contribution in [0.1, 0.15) is 5.56 Å². The Morgan fingerprint density at radius 3 is 2.59 bits per heavy atom. The van der Waals surface area contributed by atoms with Gasteiger partial charge in [0.05, 0.1) is 19.4 Å². The van der Waals surface area contributed by atoms with Crippen LogP contribution in [0.15, 0.2) is 48.8 Å². The number of H-pyrrole nitrogens is 1. The fraction of sp³-hybridized carbons (Fsp3) is 0.0526. The van der Waals surface area contributed by atoms with Crippen LogP contribution < -0.4 is 5.49 Å². The first-order chi connectivity index (χ1) is 13.1. The zero-order valence-corrected chi connectivity index (χ0v) is 15.4. The first-order valence-corrected chi connectivity index (χ1v) is 8.73. The number of halogens is 2. The summed E-state index contributed by atoms with van der Waals surface area (Å²) >= 11 is 12.6. The lowest BCUT2D eigenvalue weighted by Crippen LogP contribution is -2.13. The molecule has 0 saturated heterocycles. The third kappa shape index (κ3) is 3.08. The summed E-state index contributed by atoms with van der Waals surface area (Å²) in [5, 5.41) is 9.19. The Balaban J connectivity index is 1.89. The highest BCUT2D eigenvalue weighted by molar-refractivity contribution is 6.36. The second-order valence-electron chi connectivity index (χ2n) is 5.83. The van der Waals surface area contributed by atoms with Gasteiger partial charge in [-0.05, 0) is 12.1 Å². The molecule has 0 aliphatic heterocycles. The molecular weight excluding hydrogens is 383 g/mol. The van der Waals surface area contributed by atoms with Crippen LogP contribution in [0.2, 0.25) is 10.0 Å². The van der Waals surface area contributed by atoms with Crippen LogP contribution in [0.3, 0.4) is 0 Å². The minimum absolute atomic E-state index is 0.0746. The topological polar surface area (TPSA) is 74.7 Å². The first-order valence-electron chi connectivity index (χ1n) is 7.98. The van der Waals surface area contributed by atoms with E-state index in [0.29, 0.717) is 44.8 Å². The summed E-state index contributed by atoms with van der Waals surface area (Å²) in [5.74, 6) is 0.511. The summed E-state index contributed by atoms with van der Waals surface area (Å²) in [6.45, 7) is 7.71. The maximum absolute atomic E-state index is 8.09. The standard InChI is InChI=1S/C19H12Cl2N6/c1-23-15-8-3-2-5-11(15)18-25-16-17(22)24-10-27(19(16)26-18)9-12-13(20)6-4-7-14(12)21/h2-8,10,22H,9H2,(H,25,26). The fourth-order valence-electron chi connectivity index (χ4n) is 2.85. The molecule has 4 rings (SSSR count). The van der Waals surface area contributed by atoms with Crippen LogP contribution in [0.4, 0.5) is 5.69 Å². The molecule has 0 bridgehead atoms. The van der Waals surface area contributed by atoms with Crippen molar-refractivity contribution in [1.82, 2.24) is 19.5 Å². The molecule has 2 heterocycles. The molecule has 8 heteroatoms. The molecule has 27 heavy (non-hydrogen) atoms. The minimum Gasteiger partial charge on any atom is -0.335 e. The van der Waals surface area contributed by atoms with Gasteiger partial charge < -0.3 is 9.55 Å². The molecule has 0 spiro atoms. The van der Waals surface area contributed by atoms with Crippen molar-refractivity contribution in [2.45, 2.75) is 6.54 Å². The van der Waals surface area contributed by atoms with Crippen LogP contribution in [-0.4, -0.2) is 19.5 Å². The Hall–Kier alpha value is -3.14. The smallest absolute Gasteiger partial charge is 0.197 e. The average molecular weight is 395 g/mol. The minimum atomic E-state index is 0.0746. The van der Waals surface area contributed by atoms with Gasteiger partial charge >= 0.3 is 0 Å². The van der Waals surface area contributed by atoms with Crippen molar-refractivity contribution in [2.24, 2.45) is 0 Å². The number of hydrogen-bond acceptors (Lipinski definition) is 3. The van der Waals surface area contributed by atoms with E-state index in [1.54, 1.807) is 34.9 Å². The summed E-state index contributed by atoms with van der Waals surface area (Å²) < 4.78 is 1.78. The van der Waals surface area contributed by atoms with Crippen molar-refractivity contribution < 1.29 is 0 Å². The van der Waals surface area contributed by atoms with Crippen molar-refractivity contribution in [3.05, 3.63) is 81.3 Å². The molecule has 0 aliphatic rings. The number of aromatic nitrogens is 4. The molecule has 6 nitrogen and oxygen atoms in total. The average Bonchev–Trinajstić information content (AvgIpc) is 3.13. The number of hydrogen-bond donors (Lipinski definition) is 2. The van der Waals surface area contributed by atoms with Gasteiger partial charge in [0.1, 0.15) is 11.3 Å². The largest absolute Gasteiger partial charge is 0.335 e. The second-order valence-corrected chi connectivity index (χ2v) is 6.65. The monoisotopic (exact) mass is 394 g/mol. The number of para-hydroxylation sites is 1. The predicted octanol–water partition coefficient (Wildman–Crippen LogP) is 4.81. The molecule has 2 aromatic heterocycles. The predicted molar refractivity (Wildman–Crippen MR) is 105 cm³/mol. The quantitative estimate of drug-likeness (QED) is 0.489. The number of benzene rings is 2. The number of aromatic amines is 1. The van der Waals surface area contributed by atoms with E-state index in [1.165, 1.54) is 6.33 Å². The number of imidazole rings is 1. The molecule has 0 aliphatic carbocycles. The molecule has 132 valence electrons. The molecular formula is C19H12Cl2N6. The molecule has 0 radical (unpaired) electrons. The Morgan fingerprint density at radius 2 is 1.85 bits per heavy atom. The zero-order valence-electron chi connectivity index (χ0n) is 13.9. The molecule has 0 atom stereocenters. The third-order valence-corrected chi connectivity index (χ3v) is 4.90. The normalized spacial score (nSPS) is 10.9. The summed E-state index contributed by atoms with van der Waals surface area (Å²) in [5.41, 5.74) is 3.00. The Labute approximate surface area is 164 Å². The zero-order chi connectivity index (χ0) is 19.0. The molecule has 0 unspecified atom stereocenters. The van der Waals surface area contributed by atoms with Crippen molar-refractivity contribution in [3.8, 4) is 11.4 Å². The summed E-state index contributed by atoms with van der Waals surface area (Å²) in [6.07, 6.45) is 1.54. The highest BCUT2D eigenvalue weighted by atomic mass is 35.5. The number of nitrogens with one attached hydrogen (secondary N) is 2. The van der Waals surface area contributed by atoms with E-state index in [2.05, 4.69) is 19.8 Å². The van der Waals surface area contributed by atoms with Gasteiger partial charge in [0, 0.05) is 21.2 Å². The van der Waals surface area contributed by atoms with Crippen LogP contribution >= 0.6 is 23.2 Å². The lowest BCUT2D eigenvalue weighted by molar-refractivity contribution is 0.784. The maximum Gasteiger partial charge on any atom is 0.197 e. The van der Waals surface area contributed by atoms with Gasteiger partial charge in [0.2, 0.25) is 0 Å². The number of fused-ring (bicyclic) bond motifs is 1. The van der Waals surface area contributed by atoms with Crippen LogP contribution in [0, 0.1) is 12.0 Å². The van der Waals surface area contributed by atoms with Gasteiger partial charge in [-0.25, -0.2) is 14.8 Å². The summed E-state index contributed by atoms with van der Waals surface area (Å²) in [4.78, 5) is 15.4. The van der Waals surface area contributed by atoms with E-state index in [9.17, 15) is 0 Å². The number of nitrogens with zero attached hydrogens (tertiary/aromatic N) is 4. The van der Waals surface area contributed by atoms with Gasteiger partial charge in [-0.2, -0.15) is 0 Å². The van der Waals surface area contributed by atoms with Gasteiger partial charge in [-0.3, -0.25) is 5.41 Å². The third-order valence-electron chi connectivity index (χ3n) is 4.19. The Kier molecular flexibility index (Phi) is 4.40. The second kappa shape index (κ2) is 6.88. The lowest BCUT2D eigenvalue weighted by Gasteiger charge is -2.10. The molecule has 2 N–H and O–H groups in total. The van der Waals surface area contributed by atoms with Gasteiger partial charge in [-0.1, -0.05) is 53.5 Å². The lowest BCUT2D eigenvalue weighted by atomic mass is 10.2. The van der Waals surface area contributed by atoms with E-state index in [1.807, 2.05) is 12.1 Å². The molecule has 2 aromatic carbocycles. The van der Waals surface area contributed by atoms with Crippen molar-refractivity contribution in [2.75, 3.05) is 0 Å². The van der Waals surface area contributed by atoms with Gasteiger partial charge in [0.15, 0.2) is 16.8 Å². The van der Waals surface area contributed by atoms with Crippen LogP contribution in [-0.2, 0) is 6.54 Å². The highest BCUT2D eigenvalue weighted by Gasteiger charge is 2.14. The first kappa shape index (κ1) is 17.3. The van der Waals surface area contributed by atoms with Crippen molar-refractivity contribution >= 4 is 40.1 Å². The van der Waals surface area contributed by atoms with E-state index < -0.39 is 0 Å². The molecule has 4 aromatic rings. The van der Waals surface area contributed by atoms with E-state index in [0.717, 1.165) is 5.56 Å². The van der Waals surface area contributed by atoms with Gasteiger partial charge in [0.25, 0.3) is 0 Å². The molecule has 0 fully saturated rings. The van der Waals surface area contributed by atoms with E-state index >= 15 is 0 Å². The Morgan fingerprint density at radius 1 is 1.11 bits per heavy atom. The van der Waals surface area contributed by atoms with E-state index in [-0.39, 0.29) is 5.49 Å². The van der Waals surface area contributed by atoms with E-state index in [4.69, 9.17) is 35.2 Å². The highest BCUT2D eigenvalue weighted by Crippen LogP contribution is 2.30. The van der Waals surface area contributed by atoms with Gasteiger partial charge in [-0.15, -0.1) is 0 Å². The summed E-state index contributed by atoms with van der Waals surface area (Å²) in [6, 6.07) is 12.5. The van der Waals surface area contributed by atoms with Crippen molar-refractivity contribution in [1.29, 1.82) is 5.41 Å².